The van der Waals surface area contributed by atoms with Gasteiger partial charge in [-0.15, -0.1) is 0 Å². The summed E-state index contributed by atoms with van der Waals surface area (Å²) in [5.41, 5.74) is 0.988. The van der Waals surface area contributed by atoms with Crippen molar-refractivity contribution in [3.05, 3.63) is 17.5 Å². The molecule has 5 heteroatoms. The third-order valence-corrected chi connectivity index (χ3v) is 2.02. The molecule has 1 rings (SSSR count). The zero-order chi connectivity index (χ0) is 9.14. The zero-order valence-electron chi connectivity index (χ0n) is 6.74. The molecule has 12 heavy (non-hydrogen) atoms. The molecule has 0 spiro atoms. The van der Waals surface area contributed by atoms with E-state index in [1.54, 1.807) is 6.92 Å². The first-order valence-electron chi connectivity index (χ1n) is 3.22. The second-order valence-electron chi connectivity index (χ2n) is 2.25. The van der Waals surface area contributed by atoms with Gasteiger partial charge in [0.15, 0.2) is 0 Å². The molecule has 0 N–H and O–H groups in total. The Labute approximate surface area is 72.7 Å². The lowest BCUT2D eigenvalue weighted by molar-refractivity contribution is 0.679. The fraction of sp³-hybridized carbons (Fsp3) is 0.286. The molecule has 0 saturated carbocycles. The number of nitrogens with zero attached hydrogens (tertiary/aromatic N) is 3. The second-order valence-corrected chi connectivity index (χ2v) is 3.52. The highest BCUT2D eigenvalue weighted by Gasteiger charge is 2.04. The van der Waals surface area contributed by atoms with E-state index in [2.05, 4.69) is 9.97 Å². The van der Waals surface area contributed by atoms with Crippen molar-refractivity contribution in [1.29, 1.82) is 5.26 Å². The molecule has 62 valence electrons. The average Bonchev–Trinajstić information content (AvgIpc) is 2.05. The second kappa shape index (κ2) is 3.41. The maximum atomic E-state index is 10.9. The molecule has 0 aliphatic rings. The molecular weight excluding hydrogens is 174 g/mol. The summed E-state index contributed by atoms with van der Waals surface area (Å²) in [4.78, 5) is 7.64. The van der Waals surface area contributed by atoms with Crippen LogP contribution in [-0.2, 0) is 10.8 Å². The average molecular weight is 181 g/mol. The van der Waals surface area contributed by atoms with E-state index in [1.165, 1.54) is 12.5 Å². The van der Waals surface area contributed by atoms with Crippen LogP contribution in [-0.4, -0.2) is 20.4 Å². The Morgan fingerprint density at radius 1 is 1.67 bits per heavy atom. The Morgan fingerprint density at radius 2 is 2.33 bits per heavy atom. The standard InChI is InChI=1S/C7H7N3OS/c1-5-4-9-7(12(2)11)10-6(5)3-8/h4H,1-2H3. The van der Waals surface area contributed by atoms with Gasteiger partial charge in [-0.3, -0.25) is 4.21 Å². The molecule has 0 amide bonds. The summed E-state index contributed by atoms with van der Waals surface area (Å²) < 4.78 is 10.9. The smallest absolute Gasteiger partial charge is 0.219 e. The first kappa shape index (κ1) is 8.81. The lowest BCUT2D eigenvalue weighted by atomic mass is 10.3. The summed E-state index contributed by atoms with van der Waals surface area (Å²) in [5, 5.41) is 8.79. The predicted molar refractivity (Wildman–Crippen MR) is 43.8 cm³/mol. The molecule has 0 radical (unpaired) electrons. The highest BCUT2D eigenvalue weighted by Crippen LogP contribution is 2.03. The van der Waals surface area contributed by atoms with E-state index in [9.17, 15) is 4.21 Å². The number of rotatable bonds is 1. The molecule has 0 bridgehead atoms. The third-order valence-electron chi connectivity index (χ3n) is 1.31. The summed E-state index contributed by atoms with van der Waals surface area (Å²) in [6, 6.07) is 1.90. The molecule has 4 nitrogen and oxygen atoms in total. The van der Waals surface area contributed by atoms with E-state index in [1.807, 2.05) is 6.07 Å². The molecular formula is C7H7N3OS. The molecule has 0 aromatic carbocycles. The molecule has 1 unspecified atom stereocenters. The summed E-state index contributed by atoms with van der Waals surface area (Å²) in [6.45, 7) is 1.74. The molecule has 1 atom stereocenters. The largest absolute Gasteiger partial charge is 0.251 e. The summed E-state index contributed by atoms with van der Waals surface area (Å²) in [5.74, 6) is 0. The van der Waals surface area contributed by atoms with Gasteiger partial charge in [0.1, 0.15) is 11.8 Å². The maximum Gasteiger partial charge on any atom is 0.219 e. The first-order chi connectivity index (χ1) is 5.65. The minimum absolute atomic E-state index is 0.206. The normalized spacial score (nSPS) is 12.1. The summed E-state index contributed by atoms with van der Waals surface area (Å²) in [7, 11) is -1.22. The Balaban J connectivity index is 3.25. The zero-order valence-corrected chi connectivity index (χ0v) is 7.55. The predicted octanol–water partition coefficient (Wildman–Crippen LogP) is 0.394. The minimum Gasteiger partial charge on any atom is -0.251 e. The molecule has 0 fully saturated rings. The molecule has 1 heterocycles. The van der Waals surface area contributed by atoms with Gasteiger partial charge in [-0.05, 0) is 6.92 Å². The Kier molecular flexibility index (Phi) is 2.51. The van der Waals surface area contributed by atoms with E-state index in [4.69, 9.17) is 5.26 Å². The Hall–Kier alpha value is -1.28. The quantitative estimate of drug-likeness (QED) is 0.588. The maximum absolute atomic E-state index is 10.9. The Bertz CT molecular complexity index is 369. The van der Waals surface area contributed by atoms with Crippen LogP contribution in [0.5, 0.6) is 0 Å². The van der Waals surface area contributed by atoms with Gasteiger partial charge in [-0.2, -0.15) is 5.26 Å². The number of hydrogen-bond donors (Lipinski definition) is 0. The van der Waals surface area contributed by atoms with Gasteiger partial charge in [-0.25, -0.2) is 9.97 Å². The monoisotopic (exact) mass is 181 g/mol. The lowest BCUT2D eigenvalue weighted by Crippen LogP contribution is -2.00. The van der Waals surface area contributed by atoms with Crippen LogP contribution in [0.15, 0.2) is 11.4 Å². The van der Waals surface area contributed by atoms with Crippen molar-refractivity contribution >= 4 is 10.8 Å². The summed E-state index contributed by atoms with van der Waals surface area (Å²) in [6.07, 6.45) is 2.98. The van der Waals surface area contributed by atoms with Crippen molar-refractivity contribution in [1.82, 2.24) is 9.97 Å². The van der Waals surface area contributed by atoms with Gasteiger partial charge in [0, 0.05) is 18.0 Å². The van der Waals surface area contributed by atoms with Gasteiger partial charge >= 0.3 is 0 Å². The highest BCUT2D eigenvalue weighted by molar-refractivity contribution is 7.84. The number of nitriles is 1. The van der Waals surface area contributed by atoms with Crippen LogP contribution in [0.3, 0.4) is 0 Å². The van der Waals surface area contributed by atoms with Crippen LogP contribution >= 0.6 is 0 Å². The van der Waals surface area contributed by atoms with E-state index < -0.39 is 10.8 Å². The van der Waals surface area contributed by atoms with Crippen molar-refractivity contribution in [3.63, 3.8) is 0 Å². The van der Waals surface area contributed by atoms with Crippen molar-refractivity contribution in [2.45, 2.75) is 12.1 Å². The topological polar surface area (TPSA) is 66.6 Å². The number of aryl methyl sites for hydroxylation is 1. The van der Waals surface area contributed by atoms with Crippen LogP contribution in [0.1, 0.15) is 11.3 Å². The molecule has 1 aromatic rings. The van der Waals surface area contributed by atoms with Gasteiger partial charge in [0.25, 0.3) is 0 Å². The molecule has 0 aliphatic heterocycles. The van der Waals surface area contributed by atoms with E-state index in [0.717, 1.165) is 0 Å². The van der Waals surface area contributed by atoms with Crippen molar-refractivity contribution < 1.29 is 4.21 Å². The van der Waals surface area contributed by atoms with Crippen molar-refractivity contribution in [2.24, 2.45) is 0 Å². The lowest BCUT2D eigenvalue weighted by Gasteiger charge is -1.96. The van der Waals surface area contributed by atoms with Gasteiger partial charge in [0.2, 0.25) is 5.16 Å². The van der Waals surface area contributed by atoms with Crippen LogP contribution < -0.4 is 0 Å². The number of hydrogen-bond acceptors (Lipinski definition) is 4. The van der Waals surface area contributed by atoms with Gasteiger partial charge in [-0.1, -0.05) is 0 Å². The van der Waals surface area contributed by atoms with Crippen LogP contribution in [0.4, 0.5) is 0 Å². The fourth-order valence-electron chi connectivity index (χ4n) is 0.678. The van der Waals surface area contributed by atoms with E-state index in [0.29, 0.717) is 5.56 Å². The third kappa shape index (κ3) is 1.66. The van der Waals surface area contributed by atoms with Crippen molar-refractivity contribution in [2.75, 3.05) is 6.26 Å². The highest BCUT2D eigenvalue weighted by atomic mass is 32.2. The van der Waals surface area contributed by atoms with Crippen molar-refractivity contribution in [3.8, 4) is 6.07 Å². The number of aromatic nitrogens is 2. The van der Waals surface area contributed by atoms with Crippen LogP contribution in [0, 0.1) is 18.3 Å². The van der Waals surface area contributed by atoms with E-state index >= 15 is 0 Å². The van der Waals surface area contributed by atoms with Gasteiger partial charge in [0.05, 0.1) is 10.8 Å². The first-order valence-corrected chi connectivity index (χ1v) is 4.78. The Morgan fingerprint density at radius 3 is 2.83 bits per heavy atom. The molecule has 0 aliphatic carbocycles. The molecule has 0 saturated heterocycles. The van der Waals surface area contributed by atoms with Crippen LogP contribution in [0.25, 0.3) is 0 Å². The van der Waals surface area contributed by atoms with E-state index in [-0.39, 0.29) is 10.9 Å². The fourth-order valence-corrected chi connectivity index (χ4v) is 1.10. The minimum atomic E-state index is -1.22. The SMILES string of the molecule is Cc1cnc(S(C)=O)nc1C#N. The van der Waals surface area contributed by atoms with Crippen LogP contribution in [0.2, 0.25) is 0 Å². The summed E-state index contributed by atoms with van der Waals surface area (Å²) >= 11 is 0. The molecule has 1 aromatic heterocycles. The van der Waals surface area contributed by atoms with Gasteiger partial charge < -0.3 is 0 Å².